The molecular formula is C23H34N6OS. The average Bonchev–Trinajstić information content (AvgIpc) is 2.79. The van der Waals surface area contributed by atoms with Crippen LogP contribution < -0.4 is 10.6 Å². The minimum absolute atomic E-state index is 0.256. The number of nitrogens with zero attached hydrogens (tertiary/aromatic N) is 5. The van der Waals surface area contributed by atoms with Gasteiger partial charge in [0.1, 0.15) is 11.6 Å². The summed E-state index contributed by atoms with van der Waals surface area (Å²) < 4.78 is 0. The van der Waals surface area contributed by atoms with Gasteiger partial charge in [0.05, 0.1) is 6.61 Å². The molecule has 0 bridgehead atoms. The van der Waals surface area contributed by atoms with Crippen LogP contribution in [0.1, 0.15) is 24.0 Å². The molecule has 0 saturated carbocycles. The van der Waals surface area contributed by atoms with Gasteiger partial charge in [0.2, 0.25) is 0 Å². The van der Waals surface area contributed by atoms with E-state index in [1.165, 1.54) is 11.1 Å². The number of aryl methyl sites for hydroxylation is 1. The number of thioether (sulfide) groups is 1. The molecule has 0 aliphatic carbocycles. The molecule has 3 heterocycles. The SMILES string of the molecule is Cc1ccccc1CSc1nc(N)cc(N2CCC(N3CCN(CCO)CC3)CC2)n1. The van der Waals surface area contributed by atoms with E-state index in [1.54, 1.807) is 11.8 Å². The summed E-state index contributed by atoms with van der Waals surface area (Å²) in [7, 11) is 0. The lowest BCUT2D eigenvalue weighted by Gasteiger charge is -2.43. The number of aliphatic hydroxyl groups excluding tert-OH is 1. The van der Waals surface area contributed by atoms with Gasteiger partial charge in [-0.05, 0) is 30.9 Å². The van der Waals surface area contributed by atoms with Crippen LogP contribution in [0.5, 0.6) is 0 Å². The molecule has 2 fully saturated rings. The van der Waals surface area contributed by atoms with Gasteiger partial charge in [0.15, 0.2) is 5.16 Å². The summed E-state index contributed by atoms with van der Waals surface area (Å²) in [5.74, 6) is 2.34. The van der Waals surface area contributed by atoms with E-state index < -0.39 is 0 Å². The highest BCUT2D eigenvalue weighted by atomic mass is 32.2. The van der Waals surface area contributed by atoms with E-state index in [0.29, 0.717) is 11.9 Å². The van der Waals surface area contributed by atoms with Crippen molar-refractivity contribution < 1.29 is 5.11 Å². The van der Waals surface area contributed by atoms with Gasteiger partial charge in [-0.15, -0.1) is 0 Å². The largest absolute Gasteiger partial charge is 0.395 e. The Labute approximate surface area is 189 Å². The van der Waals surface area contributed by atoms with E-state index in [2.05, 4.69) is 50.9 Å². The van der Waals surface area contributed by atoms with Gasteiger partial charge >= 0.3 is 0 Å². The Hall–Kier alpha value is -1.87. The Morgan fingerprint density at radius 1 is 1.06 bits per heavy atom. The van der Waals surface area contributed by atoms with E-state index in [-0.39, 0.29) is 6.61 Å². The Morgan fingerprint density at radius 3 is 2.52 bits per heavy atom. The minimum Gasteiger partial charge on any atom is -0.395 e. The Kier molecular flexibility index (Phi) is 7.66. The number of nitrogen functional groups attached to an aromatic ring is 1. The van der Waals surface area contributed by atoms with Gasteiger partial charge in [-0.1, -0.05) is 36.0 Å². The maximum atomic E-state index is 9.13. The van der Waals surface area contributed by atoms with Crippen LogP contribution >= 0.6 is 11.8 Å². The van der Waals surface area contributed by atoms with Crippen molar-refractivity contribution in [2.75, 3.05) is 63.1 Å². The molecule has 168 valence electrons. The number of β-amino-alcohol motifs (C(OH)–C–C–N with tert-alkyl or cyclic N) is 1. The number of piperazine rings is 1. The minimum atomic E-state index is 0.256. The van der Waals surface area contributed by atoms with Gasteiger partial charge in [0.25, 0.3) is 0 Å². The molecule has 8 heteroatoms. The lowest BCUT2D eigenvalue weighted by atomic mass is 10.0. The van der Waals surface area contributed by atoms with Crippen LogP contribution in [0.15, 0.2) is 35.5 Å². The quantitative estimate of drug-likeness (QED) is 0.499. The van der Waals surface area contributed by atoms with Crippen molar-refractivity contribution in [3.63, 3.8) is 0 Å². The van der Waals surface area contributed by atoms with Gasteiger partial charge in [-0.3, -0.25) is 9.80 Å². The van der Waals surface area contributed by atoms with E-state index in [1.807, 2.05) is 6.07 Å². The second-order valence-electron chi connectivity index (χ2n) is 8.47. The number of aliphatic hydroxyl groups is 1. The molecule has 0 radical (unpaired) electrons. The fraction of sp³-hybridized carbons (Fsp3) is 0.565. The highest BCUT2D eigenvalue weighted by molar-refractivity contribution is 7.98. The average molecular weight is 443 g/mol. The van der Waals surface area contributed by atoms with Crippen LogP contribution in [0.3, 0.4) is 0 Å². The first-order valence-electron chi connectivity index (χ1n) is 11.3. The predicted octanol–water partition coefficient (Wildman–Crippen LogP) is 2.24. The zero-order valence-corrected chi connectivity index (χ0v) is 19.2. The molecule has 0 spiro atoms. The van der Waals surface area contributed by atoms with Gasteiger partial charge in [-0.2, -0.15) is 0 Å². The zero-order valence-electron chi connectivity index (χ0n) is 18.4. The number of hydrogen-bond acceptors (Lipinski definition) is 8. The summed E-state index contributed by atoms with van der Waals surface area (Å²) in [4.78, 5) is 16.6. The summed E-state index contributed by atoms with van der Waals surface area (Å²) in [5, 5.41) is 9.88. The summed E-state index contributed by atoms with van der Waals surface area (Å²) in [6, 6.07) is 11.0. The van der Waals surface area contributed by atoms with Crippen LogP contribution in [-0.2, 0) is 5.75 Å². The third-order valence-electron chi connectivity index (χ3n) is 6.46. The zero-order chi connectivity index (χ0) is 21.6. The summed E-state index contributed by atoms with van der Waals surface area (Å²) in [6.07, 6.45) is 2.30. The molecule has 2 aromatic rings. The number of rotatable bonds is 7. The van der Waals surface area contributed by atoms with E-state index in [0.717, 1.165) is 75.4 Å². The summed E-state index contributed by atoms with van der Waals surface area (Å²) in [6.45, 7) is 9.51. The number of nitrogens with two attached hydrogens (primary N) is 1. The highest BCUT2D eigenvalue weighted by Crippen LogP contribution is 2.27. The van der Waals surface area contributed by atoms with Gasteiger partial charge in [-0.25, -0.2) is 9.97 Å². The Bertz CT molecular complexity index is 850. The maximum Gasteiger partial charge on any atom is 0.191 e. The predicted molar refractivity (Wildman–Crippen MR) is 128 cm³/mol. The fourth-order valence-electron chi connectivity index (χ4n) is 4.52. The molecule has 3 N–H and O–H groups in total. The number of piperidine rings is 1. The van der Waals surface area contributed by atoms with Crippen LogP contribution in [0.4, 0.5) is 11.6 Å². The molecule has 4 rings (SSSR count). The Balaban J connectivity index is 1.32. The summed E-state index contributed by atoms with van der Waals surface area (Å²) in [5.41, 5.74) is 8.72. The second kappa shape index (κ2) is 10.6. The molecule has 7 nitrogen and oxygen atoms in total. The molecule has 31 heavy (non-hydrogen) atoms. The van der Waals surface area contributed by atoms with Crippen molar-refractivity contribution in [3.05, 3.63) is 41.5 Å². The molecule has 0 atom stereocenters. The van der Waals surface area contributed by atoms with Crippen molar-refractivity contribution in [1.29, 1.82) is 0 Å². The molecular weight excluding hydrogens is 408 g/mol. The van der Waals surface area contributed by atoms with Crippen LogP contribution in [0, 0.1) is 6.92 Å². The molecule has 2 aliphatic heterocycles. The van der Waals surface area contributed by atoms with Gasteiger partial charge < -0.3 is 15.7 Å². The first-order chi connectivity index (χ1) is 15.1. The van der Waals surface area contributed by atoms with Gasteiger partial charge in [0, 0.05) is 63.7 Å². The normalized spacial score (nSPS) is 19.1. The Morgan fingerprint density at radius 2 is 1.81 bits per heavy atom. The molecule has 0 unspecified atom stereocenters. The van der Waals surface area contributed by atoms with Crippen LogP contribution in [0.2, 0.25) is 0 Å². The third-order valence-corrected chi connectivity index (χ3v) is 7.35. The van der Waals surface area contributed by atoms with Crippen molar-refractivity contribution in [1.82, 2.24) is 19.8 Å². The third kappa shape index (κ3) is 5.88. The van der Waals surface area contributed by atoms with E-state index in [4.69, 9.17) is 15.8 Å². The first-order valence-corrected chi connectivity index (χ1v) is 12.2. The molecule has 1 aromatic carbocycles. The molecule has 2 aliphatic rings. The van der Waals surface area contributed by atoms with Crippen molar-refractivity contribution >= 4 is 23.4 Å². The van der Waals surface area contributed by atoms with Crippen molar-refractivity contribution in [2.24, 2.45) is 0 Å². The van der Waals surface area contributed by atoms with E-state index in [9.17, 15) is 0 Å². The second-order valence-corrected chi connectivity index (χ2v) is 9.41. The van der Waals surface area contributed by atoms with Crippen molar-refractivity contribution in [3.8, 4) is 0 Å². The number of anilines is 2. The first kappa shape index (κ1) is 22.3. The molecule has 1 aromatic heterocycles. The van der Waals surface area contributed by atoms with E-state index >= 15 is 0 Å². The fourth-order valence-corrected chi connectivity index (χ4v) is 5.46. The van der Waals surface area contributed by atoms with Crippen LogP contribution in [0.25, 0.3) is 0 Å². The standard InChI is InChI=1S/C23H34N6OS/c1-18-4-2-3-5-19(18)17-31-23-25-21(24)16-22(26-23)29-8-6-20(7-9-29)28-12-10-27(11-13-28)14-15-30/h2-5,16,20,30H,6-15,17H2,1H3,(H2,24,25,26). The van der Waals surface area contributed by atoms with Crippen LogP contribution in [-0.4, -0.2) is 83.3 Å². The topological polar surface area (TPSA) is 81.8 Å². The molecule has 2 saturated heterocycles. The lowest BCUT2D eigenvalue weighted by molar-refractivity contribution is 0.0746. The number of aromatic nitrogens is 2. The summed E-state index contributed by atoms with van der Waals surface area (Å²) >= 11 is 1.65. The smallest absolute Gasteiger partial charge is 0.191 e. The number of benzene rings is 1. The maximum absolute atomic E-state index is 9.13. The lowest BCUT2D eigenvalue weighted by Crippen LogP contribution is -2.53. The highest BCUT2D eigenvalue weighted by Gasteiger charge is 2.28. The van der Waals surface area contributed by atoms with Crippen molar-refractivity contribution in [2.45, 2.75) is 36.7 Å². The molecule has 0 amide bonds. The number of hydrogen-bond donors (Lipinski definition) is 2. The monoisotopic (exact) mass is 442 g/mol.